The standard InChI is InChI=1S/C9H12BrN3O2S/c10-6-5-7(12-13-9(6)11)8-3-1-2-4-16(8,14)15/h5,8H,1-4H2,(H2,11,13). The van der Waals surface area contributed by atoms with Crippen LogP contribution in [0.25, 0.3) is 0 Å². The van der Waals surface area contributed by atoms with Crippen LogP contribution in [0, 0.1) is 0 Å². The van der Waals surface area contributed by atoms with Gasteiger partial charge in [-0.15, -0.1) is 5.10 Å². The van der Waals surface area contributed by atoms with Crippen molar-refractivity contribution in [2.24, 2.45) is 0 Å². The van der Waals surface area contributed by atoms with E-state index in [2.05, 4.69) is 26.1 Å². The second-order valence-electron chi connectivity index (χ2n) is 3.85. The van der Waals surface area contributed by atoms with Crippen molar-refractivity contribution in [3.8, 4) is 0 Å². The highest BCUT2D eigenvalue weighted by molar-refractivity contribution is 9.10. The Bertz CT molecular complexity index is 503. The van der Waals surface area contributed by atoms with Crippen LogP contribution in [0.4, 0.5) is 5.82 Å². The number of nitrogens with zero attached hydrogens (tertiary/aromatic N) is 2. The van der Waals surface area contributed by atoms with Gasteiger partial charge in [0, 0.05) is 0 Å². The molecule has 7 heteroatoms. The van der Waals surface area contributed by atoms with Crippen molar-refractivity contribution < 1.29 is 8.42 Å². The quantitative estimate of drug-likeness (QED) is 0.849. The van der Waals surface area contributed by atoms with Crippen molar-refractivity contribution in [3.05, 3.63) is 16.2 Å². The molecule has 1 aliphatic rings. The van der Waals surface area contributed by atoms with E-state index in [-0.39, 0.29) is 11.6 Å². The number of anilines is 1. The van der Waals surface area contributed by atoms with E-state index < -0.39 is 15.1 Å². The third-order valence-electron chi connectivity index (χ3n) is 2.70. The number of halogens is 1. The van der Waals surface area contributed by atoms with Crippen LogP contribution in [0.15, 0.2) is 10.5 Å². The van der Waals surface area contributed by atoms with Gasteiger partial charge in [-0.05, 0) is 34.8 Å². The molecule has 0 radical (unpaired) electrons. The number of hydrogen-bond donors (Lipinski definition) is 1. The van der Waals surface area contributed by atoms with Crippen LogP contribution in [-0.4, -0.2) is 24.4 Å². The smallest absolute Gasteiger partial charge is 0.160 e. The number of rotatable bonds is 1. The normalized spacial score (nSPS) is 24.2. The van der Waals surface area contributed by atoms with Crippen LogP contribution in [0.3, 0.4) is 0 Å². The summed E-state index contributed by atoms with van der Waals surface area (Å²) in [6.45, 7) is 0. The Balaban J connectivity index is 2.39. The van der Waals surface area contributed by atoms with Gasteiger partial charge >= 0.3 is 0 Å². The summed E-state index contributed by atoms with van der Waals surface area (Å²) < 4.78 is 24.3. The molecule has 1 aromatic heterocycles. The Morgan fingerprint density at radius 3 is 2.75 bits per heavy atom. The van der Waals surface area contributed by atoms with E-state index in [1.165, 1.54) is 0 Å². The summed E-state index contributed by atoms with van der Waals surface area (Å²) in [4.78, 5) is 0. The van der Waals surface area contributed by atoms with Crippen LogP contribution in [0.1, 0.15) is 30.2 Å². The van der Waals surface area contributed by atoms with Crippen LogP contribution in [-0.2, 0) is 9.84 Å². The zero-order chi connectivity index (χ0) is 11.8. The van der Waals surface area contributed by atoms with Crippen molar-refractivity contribution >= 4 is 31.6 Å². The summed E-state index contributed by atoms with van der Waals surface area (Å²) in [5.74, 6) is 0.512. The first-order valence-corrected chi connectivity index (χ1v) is 7.52. The van der Waals surface area contributed by atoms with Crippen molar-refractivity contribution in [2.45, 2.75) is 24.5 Å². The van der Waals surface area contributed by atoms with Gasteiger partial charge in [-0.1, -0.05) is 6.42 Å². The topological polar surface area (TPSA) is 85.9 Å². The summed E-state index contributed by atoms with van der Waals surface area (Å²) in [6.07, 6.45) is 2.27. The lowest BCUT2D eigenvalue weighted by Gasteiger charge is -2.21. The minimum Gasteiger partial charge on any atom is -0.381 e. The highest BCUT2D eigenvalue weighted by Gasteiger charge is 2.31. The number of nitrogens with two attached hydrogens (primary N) is 1. The number of aromatic nitrogens is 2. The second-order valence-corrected chi connectivity index (χ2v) is 7.01. The Morgan fingerprint density at radius 2 is 2.12 bits per heavy atom. The summed E-state index contributed by atoms with van der Waals surface area (Å²) in [5, 5.41) is 7.09. The van der Waals surface area contributed by atoms with Crippen molar-refractivity contribution in [1.29, 1.82) is 0 Å². The van der Waals surface area contributed by atoms with Crippen LogP contribution < -0.4 is 5.73 Å². The fourth-order valence-corrected chi connectivity index (χ4v) is 4.05. The molecule has 2 rings (SSSR count). The molecule has 0 bridgehead atoms. The molecule has 2 heterocycles. The Morgan fingerprint density at radius 1 is 1.38 bits per heavy atom. The van der Waals surface area contributed by atoms with Crippen molar-refractivity contribution in [2.75, 3.05) is 11.5 Å². The molecule has 1 atom stereocenters. The van der Waals surface area contributed by atoms with Crippen LogP contribution in [0.2, 0.25) is 0 Å². The van der Waals surface area contributed by atoms with Gasteiger partial charge < -0.3 is 5.73 Å². The molecule has 2 N–H and O–H groups in total. The number of nitrogen functional groups attached to an aromatic ring is 1. The molecule has 0 spiro atoms. The Kier molecular flexibility index (Phi) is 3.16. The average Bonchev–Trinajstić information content (AvgIpc) is 2.22. The van der Waals surface area contributed by atoms with Gasteiger partial charge in [-0.25, -0.2) is 8.42 Å². The zero-order valence-electron chi connectivity index (χ0n) is 8.56. The van der Waals surface area contributed by atoms with Crippen molar-refractivity contribution in [1.82, 2.24) is 10.2 Å². The number of sulfone groups is 1. The Hall–Kier alpha value is -0.690. The van der Waals surface area contributed by atoms with E-state index >= 15 is 0 Å². The molecule has 0 amide bonds. The maximum Gasteiger partial charge on any atom is 0.160 e. The molecule has 5 nitrogen and oxygen atoms in total. The summed E-state index contributed by atoms with van der Waals surface area (Å²) in [6, 6.07) is 1.65. The van der Waals surface area contributed by atoms with Gasteiger partial charge in [-0.3, -0.25) is 0 Å². The molecule has 1 aromatic rings. The summed E-state index contributed by atoms with van der Waals surface area (Å²) in [7, 11) is -3.07. The maximum atomic E-state index is 11.9. The predicted molar refractivity (Wildman–Crippen MR) is 64.5 cm³/mol. The Labute approximate surface area is 102 Å². The molecular formula is C9H12BrN3O2S. The van der Waals surface area contributed by atoms with Gasteiger partial charge in [0.25, 0.3) is 0 Å². The first-order chi connectivity index (χ1) is 7.50. The average molecular weight is 306 g/mol. The lowest BCUT2D eigenvalue weighted by molar-refractivity contribution is 0.541. The minimum absolute atomic E-state index is 0.237. The van der Waals surface area contributed by atoms with Gasteiger partial charge in [0.1, 0.15) is 5.25 Å². The molecule has 0 aliphatic carbocycles. The summed E-state index contributed by atoms with van der Waals surface area (Å²) >= 11 is 3.23. The van der Waals surface area contributed by atoms with E-state index in [4.69, 9.17) is 5.73 Å². The first kappa shape index (κ1) is 11.8. The maximum absolute atomic E-state index is 11.9. The van der Waals surface area contributed by atoms with Crippen LogP contribution >= 0.6 is 15.9 Å². The van der Waals surface area contributed by atoms with E-state index in [1.807, 2.05) is 0 Å². The SMILES string of the molecule is Nc1nnc(C2CCCCS2(=O)=O)cc1Br. The fourth-order valence-electron chi connectivity index (χ4n) is 1.84. The molecule has 0 aromatic carbocycles. The van der Waals surface area contributed by atoms with Crippen LogP contribution in [0.5, 0.6) is 0 Å². The van der Waals surface area contributed by atoms with E-state index in [0.717, 1.165) is 12.8 Å². The molecule has 1 saturated heterocycles. The van der Waals surface area contributed by atoms with Crippen molar-refractivity contribution in [3.63, 3.8) is 0 Å². The molecule has 0 saturated carbocycles. The van der Waals surface area contributed by atoms with Gasteiger partial charge in [0.15, 0.2) is 15.7 Å². The molecule has 88 valence electrons. The molecular weight excluding hydrogens is 294 g/mol. The predicted octanol–water partition coefficient (Wildman–Crippen LogP) is 1.46. The minimum atomic E-state index is -3.07. The highest BCUT2D eigenvalue weighted by Crippen LogP contribution is 2.33. The third-order valence-corrected chi connectivity index (χ3v) is 5.54. The molecule has 1 unspecified atom stereocenters. The van der Waals surface area contributed by atoms with E-state index in [0.29, 0.717) is 16.6 Å². The summed E-state index contributed by atoms with van der Waals surface area (Å²) in [5.41, 5.74) is 6.00. The van der Waals surface area contributed by atoms with Gasteiger partial charge in [0.2, 0.25) is 0 Å². The third kappa shape index (κ3) is 2.20. The molecule has 1 aliphatic heterocycles. The van der Waals surface area contributed by atoms with Gasteiger partial charge in [-0.2, -0.15) is 5.10 Å². The number of hydrogen-bond acceptors (Lipinski definition) is 5. The second kappa shape index (κ2) is 4.29. The lowest BCUT2D eigenvalue weighted by atomic mass is 10.1. The van der Waals surface area contributed by atoms with E-state index in [1.54, 1.807) is 6.07 Å². The van der Waals surface area contributed by atoms with Gasteiger partial charge in [0.05, 0.1) is 15.9 Å². The zero-order valence-corrected chi connectivity index (χ0v) is 11.0. The highest BCUT2D eigenvalue weighted by atomic mass is 79.9. The monoisotopic (exact) mass is 305 g/mol. The molecule has 16 heavy (non-hydrogen) atoms. The molecule has 1 fully saturated rings. The first-order valence-electron chi connectivity index (χ1n) is 5.01. The fraction of sp³-hybridized carbons (Fsp3) is 0.556. The lowest BCUT2D eigenvalue weighted by Crippen LogP contribution is -2.22. The largest absolute Gasteiger partial charge is 0.381 e. The van der Waals surface area contributed by atoms with E-state index in [9.17, 15) is 8.42 Å².